The number of nitrogens with zero attached hydrogens (tertiary/aromatic N) is 1. The normalized spacial score (nSPS) is 11.1. The van der Waals surface area contributed by atoms with E-state index in [2.05, 4.69) is 4.72 Å². The summed E-state index contributed by atoms with van der Waals surface area (Å²) in [6, 6.07) is 11.6. The Kier molecular flexibility index (Phi) is 5.24. The molecule has 11 heteroatoms. The molecule has 10 nitrogen and oxygen atoms in total. The average molecular weight is 418 g/mol. The van der Waals surface area contributed by atoms with Crippen LogP contribution < -0.4 is 9.46 Å². The summed E-state index contributed by atoms with van der Waals surface area (Å²) in [4.78, 5) is 20.9. The van der Waals surface area contributed by atoms with Crippen molar-refractivity contribution in [2.75, 3.05) is 11.8 Å². The summed E-state index contributed by atoms with van der Waals surface area (Å²) in [5, 5.41) is 19.7. The Balaban J connectivity index is 1.89. The minimum Gasteiger partial charge on any atom is -0.496 e. The van der Waals surface area contributed by atoms with Gasteiger partial charge in [0.2, 0.25) is 5.76 Å². The summed E-state index contributed by atoms with van der Waals surface area (Å²) in [6.07, 6.45) is 0. The standard InChI is InChI=1S/C18H14N2O8S/c1-27-17-10-11(2-7-14(17)15-8-9-16(28-15)18(21)22)19-29(25,26)13-5-3-12(4-6-13)20(23)24/h2-10,19H,1H3,(H,21,22). The van der Waals surface area contributed by atoms with Gasteiger partial charge in [-0.25, -0.2) is 13.2 Å². The number of sulfonamides is 1. The van der Waals surface area contributed by atoms with Gasteiger partial charge in [-0.3, -0.25) is 14.8 Å². The van der Waals surface area contributed by atoms with Crippen molar-refractivity contribution in [3.63, 3.8) is 0 Å². The molecule has 1 aromatic heterocycles. The third-order valence-electron chi connectivity index (χ3n) is 3.89. The van der Waals surface area contributed by atoms with Gasteiger partial charge in [0.05, 0.1) is 28.2 Å². The molecule has 2 aromatic carbocycles. The van der Waals surface area contributed by atoms with E-state index in [4.69, 9.17) is 14.3 Å². The number of anilines is 1. The van der Waals surface area contributed by atoms with Crippen LogP contribution in [0.3, 0.4) is 0 Å². The molecule has 0 amide bonds. The fourth-order valence-electron chi connectivity index (χ4n) is 2.52. The number of carbonyl (C=O) groups is 1. The number of nitro benzene ring substituents is 1. The Bertz CT molecular complexity index is 1180. The molecule has 29 heavy (non-hydrogen) atoms. The second kappa shape index (κ2) is 7.64. The molecule has 0 spiro atoms. The van der Waals surface area contributed by atoms with Crippen LogP contribution >= 0.6 is 0 Å². The summed E-state index contributed by atoms with van der Waals surface area (Å²) in [5.41, 5.74) is 0.376. The Morgan fingerprint density at radius 3 is 2.38 bits per heavy atom. The molecule has 0 aliphatic rings. The predicted molar refractivity (Wildman–Crippen MR) is 102 cm³/mol. The number of nitrogens with one attached hydrogen (secondary N) is 1. The van der Waals surface area contributed by atoms with Crippen LogP contribution in [0, 0.1) is 10.1 Å². The molecule has 0 unspecified atom stereocenters. The third-order valence-corrected chi connectivity index (χ3v) is 5.29. The second-order valence-electron chi connectivity index (χ2n) is 5.74. The highest BCUT2D eigenvalue weighted by atomic mass is 32.2. The number of methoxy groups -OCH3 is 1. The van der Waals surface area contributed by atoms with Crippen LogP contribution in [-0.2, 0) is 10.0 Å². The largest absolute Gasteiger partial charge is 0.496 e. The fourth-order valence-corrected chi connectivity index (χ4v) is 3.57. The first kappa shape index (κ1) is 19.9. The quantitative estimate of drug-likeness (QED) is 0.438. The molecule has 0 saturated carbocycles. The zero-order chi connectivity index (χ0) is 21.2. The number of nitro groups is 1. The smallest absolute Gasteiger partial charge is 0.371 e. The molecule has 150 valence electrons. The SMILES string of the molecule is COc1cc(NS(=O)(=O)c2ccc([N+](=O)[O-])cc2)ccc1-c1ccc(C(=O)O)o1. The molecule has 0 bridgehead atoms. The number of benzene rings is 2. The van der Waals surface area contributed by atoms with Crippen molar-refractivity contribution in [3.8, 4) is 17.1 Å². The van der Waals surface area contributed by atoms with E-state index < -0.39 is 20.9 Å². The van der Waals surface area contributed by atoms with E-state index in [1.807, 2.05) is 0 Å². The van der Waals surface area contributed by atoms with Crippen molar-refractivity contribution in [3.05, 3.63) is 70.5 Å². The van der Waals surface area contributed by atoms with E-state index in [-0.39, 0.29) is 33.5 Å². The maximum atomic E-state index is 12.5. The van der Waals surface area contributed by atoms with Gasteiger partial charge in [0.1, 0.15) is 11.5 Å². The van der Waals surface area contributed by atoms with Crippen molar-refractivity contribution in [2.24, 2.45) is 0 Å². The van der Waals surface area contributed by atoms with Crippen LogP contribution in [0.4, 0.5) is 11.4 Å². The Hall–Kier alpha value is -3.86. The number of non-ortho nitro benzene ring substituents is 1. The van der Waals surface area contributed by atoms with E-state index >= 15 is 0 Å². The van der Waals surface area contributed by atoms with Gasteiger partial charge >= 0.3 is 5.97 Å². The first-order chi connectivity index (χ1) is 13.7. The van der Waals surface area contributed by atoms with Crippen LogP contribution in [0.25, 0.3) is 11.3 Å². The first-order valence-corrected chi connectivity index (χ1v) is 9.48. The fraction of sp³-hybridized carbons (Fsp3) is 0.0556. The number of rotatable bonds is 7. The van der Waals surface area contributed by atoms with Gasteiger partial charge in [0.25, 0.3) is 15.7 Å². The van der Waals surface area contributed by atoms with E-state index in [1.54, 1.807) is 0 Å². The lowest BCUT2D eigenvalue weighted by molar-refractivity contribution is -0.384. The van der Waals surface area contributed by atoms with Gasteiger partial charge in [-0.15, -0.1) is 0 Å². The van der Waals surface area contributed by atoms with E-state index in [0.717, 1.165) is 24.3 Å². The third kappa shape index (κ3) is 4.19. The minimum atomic E-state index is -3.99. The minimum absolute atomic E-state index is 0.150. The number of hydrogen-bond donors (Lipinski definition) is 2. The topological polar surface area (TPSA) is 149 Å². The van der Waals surface area contributed by atoms with Crippen LogP contribution in [0.1, 0.15) is 10.6 Å². The van der Waals surface area contributed by atoms with Crippen molar-refractivity contribution >= 4 is 27.4 Å². The van der Waals surface area contributed by atoms with Crippen molar-refractivity contribution in [2.45, 2.75) is 4.90 Å². The maximum absolute atomic E-state index is 12.5. The molecule has 2 N–H and O–H groups in total. The first-order valence-electron chi connectivity index (χ1n) is 8.00. The summed E-state index contributed by atoms with van der Waals surface area (Å²) < 4.78 is 37.9. The van der Waals surface area contributed by atoms with Crippen molar-refractivity contribution in [1.29, 1.82) is 0 Å². The van der Waals surface area contributed by atoms with Gasteiger partial charge in [-0.1, -0.05) is 0 Å². The number of ether oxygens (including phenoxy) is 1. The van der Waals surface area contributed by atoms with Crippen LogP contribution in [0.2, 0.25) is 0 Å². The van der Waals surface area contributed by atoms with E-state index in [1.165, 1.54) is 37.4 Å². The van der Waals surface area contributed by atoms with E-state index in [0.29, 0.717) is 5.56 Å². The molecular formula is C18H14N2O8S. The molecule has 0 aliphatic carbocycles. The molecule has 1 heterocycles. The average Bonchev–Trinajstić information content (AvgIpc) is 3.18. The van der Waals surface area contributed by atoms with Crippen LogP contribution in [-0.4, -0.2) is 31.5 Å². The molecule has 3 aromatic rings. The zero-order valence-corrected chi connectivity index (χ0v) is 15.7. The van der Waals surface area contributed by atoms with Crippen LogP contribution in [0.15, 0.2) is 63.9 Å². The van der Waals surface area contributed by atoms with Gasteiger partial charge in [-0.05, 0) is 36.4 Å². The summed E-state index contributed by atoms with van der Waals surface area (Å²) in [6.45, 7) is 0. The summed E-state index contributed by atoms with van der Waals surface area (Å²) >= 11 is 0. The molecule has 0 radical (unpaired) electrons. The lowest BCUT2D eigenvalue weighted by Crippen LogP contribution is -2.13. The molecule has 0 fully saturated rings. The maximum Gasteiger partial charge on any atom is 0.371 e. The Morgan fingerprint density at radius 2 is 1.83 bits per heavy atom. The molecule has 3 rings (SSSR count). The number of carboxylic acids is 1. The Labute approximate surface area is 164 Å². The highest BCUT2D eigenvalue weighted by Crippen LogP contribution is 2.34. The number of furan rings is 1. The highest BCUT2D eigenvalue weighted by molar-refractivity contribution is 7.92. The van der Waals surface area contributed by atoms with Gasteiger partial charge in [0.15, 0.2) is 0 Å². The van der Waals surface area contributed by atoms with Crippen molar-refractivity contribution < 1.29 is 32.4 Å². The number of carboxylic acid groups (broad SMARTS) is 1. The van der Waals surface area contributed by atoms with Gasteiger partial charge < -0.3 is 14.3 Å². The van der Waals surface area contributed by atoms with Crippen LogP contribution in [0.5, 0.6) is 5.75 Å². The van der Waals surface area contributed by atoms with Gasteiger partial charge in [-0.2, -0.15) is 0 Å². The summed E-state index contributed by atoms with van der Waals surface area (Å²) in [7, 11) is -2.63. The number of aromatic carboxylic acids is 1. The van der Waals surface area contributed by atoms with Crippen molar-refractivity contribution in [1.82, 2.24) is 0 Å². The number of hydrogen-bond acceptors (Lipinski definition) is 7. The van der Waals surface area contributed by atoms with Gasteiger partial charge in [0, 0.05) is 18.2 Å². The molecular weight excluding hydrogens is 404 g/mol. The van der Waals surface area contributed by atoms with E-state index in [9.17, 15) is 23.3 Å². The zero-order valence-electron chi connectivity index (χ0n) is 14.9. The highest BCUT2D eigenvalue weighted by Gasteiger charge is 2.18. The summed E-state index contributed by atoms with van der Waals surface area (Å²) in [5.74, 6) is -0.975. The predicted octanol–water partition coefficient (Wildman–Crippen LogP) is 3.36. The Morgan fingerprint density at radius 1 is 1.14 bits per heavy atom. The molecule has 0 atom stereocenters. The molecule has 0 aliphatic heterocycles. The second-order valence-corrected chi connectivity index (χ2v) is 7.42. The lowest BCUT2D eigenvalue weighted by Gasteiger charge is -2.11. The monoisotopic (exact) mass is 418 g/mol. The lowest BCUT2D eigenvalue weighted by atomic mass is 10.1. The molecule has 0 saturated heterocycles.